The van der Waals surface area contributed by atoms with Gasteiger partial charge in [-0.3, -0.25) is 9.69 Å². The molecule has 0 saturated heterocycles. The smallest absolute Gasteiger partial charge is 0.276 e. The maximum absolute atomic E-state index is 12.1. The number of fused-ring (bicyclic) bond motifs is 1. The number of rotatable bonds is 6. The second-order valence-electron chi connectivity index (χ2n) is 5.51. The highest BCUT2D eigenvalue weighted by Gasteiger charge is 2.13. The van der Waals surface area contributed by atoms with Crippen LogP contribution in [0.4, 0.5) is 11.5 Å². The fraction of sp³-hybridized carbons (Fsp3) is 0.412. The number of hydrogen-bond donors (Lipinski definition) is 1. The molecule has 4 nitrogen and oxygen atoms in total. The van der Waals surface area contributed by atoms with Crippen molar-refractivity contribution in [2.24, 2.45) is 0 Å². The summed E-state index contributed by atoms with van der Waals surface area (Å²) in [5, 5.41) is 4.09. The first-order valence-electron chi connectivity index (χ1n) is 7.54. The molecule has 0 aliphatic heterocycles. The summed E-state index contributed by atoms with van der Waals surface area (Å²) in [5.41, 5.74) is 1.89. The number of benzene rings is 1. The molecule has 0 spiro atoms. The number of pyridine rings is 1. The molecule has 0 aliphatic carbocycles. The number of nitrogens with one attached hydrogen (secondary N) is 2. The van der Waals surface area contributed by atoms with Crippen LogP contribution in [-0.4, -0.2) is 20.0 Å². The second kappa shape index (κ2) is 7.07. The summed E-state index contributed by atoms with van der Waals surface area (Å²) >= 11 is 0. The van der Waals surface area contributed by atoms with Crippen LogP contribution < -0.4 is 15.2 Å². The van der Waals surface area contributed by atoms with E-state index in [0.29, 0.717) is 6.42 Å². The Labute approximate surface area is 126 Å². The minimum atomic E-state index is 0.0875. The topological polar surface area (TPSA) is 46.5 Å². The first-order chi connectivity index (χ1) is 10.1. The summed E-state index contributed by atoms with van der Waals surface area (Å²) in [6.45, 7) is 2.14. The average Bonchev–Trinajstić information content (AvgIpc) is 2.47. The third kappa shape index (κ3) is 3.94. The molecule has 0 aliphatic rings. The first kappa shape index (κ1) is 15.3. The van der Waals surface area contributed by atoms with Crippen molar-refractivity contribution in [2.45, 2.75) is 32.6 Å². The van der Waals surface area contributed by atoms with Gasteiger partial charge < -0.3 is 5.32 Å². The molecule has 0 bridgehead atoms. The molecule has 0 saturated carbocycles. The summed E-state index contributed by atoms with van der Waals surface area (Å²) in [5.74, 6) is 1.06. The molecule has 21 heavy (non-hydrogen) atoms. The lowest BCUT2D eigenvalue weighted by Crippen LogP contribution is -2.22. The van der Waals surface area contributed by atoms with E-state index in [1.165, 1.54) is 0 Å². The summed E-state index contributed by atoms with van der Waals surface area (Å²) < 4.78 is 0. The highest BCUT2D eigenvalue weighted by molar-refractivity contribution is 6.00. The van der Waals surface area contributed by atoms with Crippen LogP contribution in [0.15, 0.2) is 30.3 Å². The Morgan fingerprint density at radius 2 is 2.00 bits per heavy atom. The van der Waals surface area contributed by atoms with E-state index < -0.39 is 0 Å². The van der Waals surface area contributed by atoms with Crippen LogP contribution in [0.2, 0.25) is 0 Å². The predicted octanol–water partition coefficient (Wildman–Crippen LogP) is 3.24. The van der Waals surface area contributed by atoms with Crippen molar-refractivity contribution < 1.29 is 9.78 Å². The fourth-order valence-electron chi connectivity index (χ4n) is 2.31. The van der Waals surface area contributed by atoms with Gasteiger partial charge in [0.1, 0.15) is 5.52 Å². The standard InChI is InChI=1S/C17H23N3O/c1-4-5-6-11-17(21)19-15-12-16(20(2)3)18-14-10-8-7-9-13(14)15/h7-10,12H,4-6,11H2,1-3H3,(H,18,19,21)/p+1. The molecule has 2 rings (SSSR count). The van der Waals surface area contributed by atoms with Crippen molar-refractivity contribution in [1.29, 1.82) is 0 Å². The lowest BCUT2D eigenvalue weighted by molar-refractivity contribution is -0.329. The van der Waals surface area contributed by atoms with Gasteiger partial charge in [-0.25, -0.2) is 4.98 Å². The molecule has 2 aromatic rings. The van der Waals surface area contributed by atoms with E-state index in [1.54, 1.807) is 0 Å². The van der Waals surface area contributed by atoms with Crippen molar-refractivity contribution in [3.05, 3.63) is 30.3 Å². The monoisotopic (exact) mass is 286 g/mol. The Balaban J connectivity index is 2.26. The number of aromatic amines is 1. The van der Waals surface area contributed by atoms with Gasteiger partial charge >= 0.3 is 0 Å². The van der Waals surface area contributed by atoms with E-state index in [0.717, 1.165) is 41.7 Å². The van der Waals surface area contributed by atoms with Crippen LogP contribution in [0.5, 0.6) is 0 Å². The molecule has 1 aromatic heterocycles. The second-order valence-corrected chi connectivity index (χ2v) is 5.51. The van der Waals surface area contributed by atoms with E-state index in [4.69, 9.17) is 0 Å². The third-order valence-electron chi connectivity index (χ3n) is 3.52. The highest BCUT2D eigenvalue weighted by Crippen LogP contribution is 2.23. The largest absolute Gasteiger partial charge is 0.325 e. The third-order valence-corrected chi connectivity index (χ3v) is 3.52. The Morgan fingerprint density at radius 3 is 2.71 bits per heavy atom. The van der Waals surface area contributed by atoms with E-state index in [-0.39, 0.29) is 5.91 Å². The van der Waals surface area contributed by atoms with Crippen LogP contribution in [0.1, 0.15) is 32.6 Å². The summed E-state index contributed by atoms with van der Waals surface area (Å²) in [6.07, 6.45) is 3.75. The molecule has 0 unspecified atom stereocenters. The molecule has 0 radical (unpaired) electrons. The Kier molecular flexibility index (Phi) is 5.14. The molecule has 1 heterocycles. The van der Waals surface area contributed by atoms with Crippen LogP contribution in [0, 0.1) is 0 Å². The average molecular weight is 286 g/mol. The number of amides is 1. The van der Waals surface area contributed by atoms with Crippen molar-refractivity contribution in [3.8, 4) is 0 Å². The van der Waals surface area contributed by atoms with Gasteiger partial charge in [0.15, 0.2) is 0 Å². The molecule has 0 fully saturated rings. The quantitative estimate of drug-likeness (QED) is 0.829. The van der Waals surface area contributed by atoms with Gasteiger partial charge in [-0.2, -0.15) is 0 Å². The number of nitrogens with zero attached hydrogens (tertiary/aromatic N) is 1. The van der Waals surface area contributed by atoms with Crippen molar-refractivity contribution >= 4 is 28.3 Å². The Hall–Kier alpha value is -2.10. The number of para-hydroxylation sites is 1. The lowest BCUT2D eigenvalue weighted by Gasteiger charge is -2.11. The van der Waals surface area contributed by atoms with Crippen LogP contribution in [-0.2, 0) is 4.79 Å². The Morgan fingerprint density at radius 1 is 1.24 bits per heavy atom. The summed E-state index contributed by atoms with van der Waals surface area (Å²) in [4.78, 5) is 17.4. The predicted molar refractivity (Wildman–Crippen MR) is 87.6 cm³/mol. The molecular formula is C17H24N3O+. The van der Waals surface area contributed by atoms with Crippen LogP contribution in [0.25, 0.3) is 10.9 Å². The normalized spacial score (nSPS) is 10.6. The van der Waals surface area contributed by atoms with E-state index >= 15 is 0 Å². The van der Waals surface area contributed by atoms with Gasteiger partial charge in [-0.1, -0.05) is 31.9 Å². The number of hydrogen-bond acceptors (Lipinski definition) is 2. The van der Waals surface area contributed by atoms with Gasteiger partial charge in [-0.05, 0) is 18.6 Å². The zero-order valence-electron chi connectivity index (χ0n) is 13.1. The number of carbonyl (C=O) groups is 1. The lowest BCUT2D eigenvalue weighted by atomic mass is 10.1. The molecule has 1 aromatic carbocycles. The minimum absolute atomic E-state index is 0.0875. The van der Waals surface area contributed by atoms with Crippen LogP contribution >= 0.6 is 0 Å². The van der Waals surface area contributed by atoms with Gasteiger partial charge in [0.25, 0.3) is 5.82 Å². The van der Waals surface area contributed by atoms with E-state index in [9.17, 15) is 4.79 Å². The molecular weight excluding hydrogens is 262 g/mol. The summed E-state index contributed by atoms with van der Waals surface area (Å²) in [7, 11) is 3.96. The molecule has 112 valence electrons. The first-order valence-corrected chi connectivity index (χ1v) is 7.54. The number of H-pyrrole nitrogens is 1. The maximum atomic E-state index is 12.1. The van der Waals surface area contributed by atoms with Gasteiger partial charge in [-0.15, -0.1) is 0 Å². The van der Waals surface area contributed by atoms with E-state index in [1.807, 2.05) is 49.3 Å². The van der Waals surface area contributed by atoms with E-state index in [2.05, 4.69) is 17.2 Å². The minimum Gasteiger partial charge on any atom is -0.325 e. The zero-order chi connectivity index (χ0) is 15.2. The maximum Gasteiger partial charge on any atom is 0.276 e. The summed E-state index contributed by atoms with van der Waals surface area (Å²) in [6, 6.07) is 10.0. The molecule has 4 heteroatoms. The van der Waals surface area contributed by atoms with Gasteiger partial charge in [0.2, 0.25) is 5.91 Å². The van der Waals surface area contributed by atoms with Crippen LogP contribution in [0.3, 0.4) is 0 Å². The van der Waals surface area contributed by atoms with Crippen molar-refractivity contribution in [1.82, 2.24) is 0 Å². The fourth-order valence-corrected chi connectivity index (χ4v) is 2.31. The van der Waals surface area contributed by atoms with Crippen molar-refractivity contribution in [3.63, 3.8) is 0 Å². The number of aromatic nitrogens is 1. The molecule has 1 amide bonds. The van der Waals surface area contributed by atoms with Gasteiger partial charge in [0, 0.05) is 11.8 Å². The molecule has 2 N–H and O–H groups in total. The molecule has 0 atom stereocenters. The highest BCUT2D eigenvalue weighted by atomic mass is 16.1. The Bertz CT molecular complexity index is 622. The number of carbonyl (C=O) groups excluding carboxylic acids is 1. The zero-order valence-corrected chi connectivity index (χ0v) is 13.1. The van der Waals surface area contributed by atoms with Crippen molar-refractivity contribution in [2.75, 3.05) is 24.3 Å². The number of anilines is 2. The SMILES string of the molecule is CCCCCC(=O)Nc1cc(N(C)C)[nH+]c2ccccc12. The van der Waals surface area contributed by atoms with Gasteiger partial charge in [0.05, 0.1) is 25.8 Å². The number of unbranched alkanes of at least 4 members (excludes halogenated alkanes) is 2.